The van der Waals surface area contributed by atoms with Crippen molar-refractivity contribution >= 4 is 12.4 Å². The smallest absolute Gasteiger partial charge is 0.118 e. The maximum Gasteiger partial charge on any atom is 0.118 e. The summed E-state index contributed by atoms with van der Waals surface area (Å²) < 4.78 is 5.83. The lowest BCUT2D eigenvalue weighted by atomic mass is 9.93. The van der Waals surface area contributed by atoms with E-state index in [1.54, 1.807) is 0 Å². The number of halogens is 1. The van der Waals surface area contributed by atoms with Gasteiger partial charge in [0, 0.05) is 25.0 Å². The summed E-state index contributed by atoms with van der Waals surface area (Å²) in [6, 6.07) is 1.36. The van der Waals surface area contributed by atoms with E-state index in [-0.39, 0.29) is 18.1 Å². The van der Waals surface area contributed by atoms with Crippen LogP contribution >= 0.6 is 12.4 Å². The quantitative estimate of drug-likeness (QED) is 0.845. The van der Waals surface area contributed by atoms with Gasteiger partial charge in [0.15, 0.2) is 0 Å². The van der Waals surface area contributed by atoms with Crippen LogP contribution in [0.3, 0.4) is 0 Å². The highest BCUT2D eigenvalue weighted by Gasteiger charge is 2.35. The highest BCUT2D eigenvalue weighted by atomic mass is 35.5. The number of hydrogen-bond acceptors (Lipinski definition) is 3. The molecule has 2 rings (SSSR count). The molecule has 2 unspecified atom stereocenters. The zero-order chi connectivity index (χ0) is 11.6. The fraction of sp³-hybridized carbons (Fsp3) is 1.00. The third kappa shape index (κ3) is 3.82. The monoisotopic (exact) mass is 262 g/mol. The molecular weight excluding hydrogens is 236 g/mol. The molecule has 3 nitrogen and oxygen atoms in total. The second-order valence-corrected chi connectivity index (χ2v) is 5.69. The Kier molecular flexibility index (Phi) is 5.71. The molecular formula is C13H27ClN2O. The van der Waals surface area contributed by atoms with Crippen LogP contribution < -0.4 is 5.32 Å². The first-order valence-electron chi connectivity index (χ1n) is 6.75. The molecule has 0 aromatic rings. The Bertz CT molecular complexity index is 229. The second-order valence-electron chi connectivity index (χ2n) is 5.69. The number of nitrogens with zero attached hydrogens (tertiary/aromatic N) is 1. The fourth-order valence-electron chi connectivity index (χ4n) is 3.15. The molecule has 2 aliphatic heterocycles. The molecule has 0 amide bonds. The molecule has 4 heteroatoms. The second kappa shape index (κ2) is 6.37. The number of piperidine rings is 1. The summed E-state index contributed by atoms with van der Waals surface area (Å²) in [6.07, 6.45) is 5.20. The van der Waals surface area contributed by atoms with Crippen molar-refractivity contribution in [3.8, 4) is 0 Å². The van der Waals surface area contributed by atoms with Crippen LogP contribution in [-0.2, 0) is 4.74 Å². The van der Waals surface area contributed by atoms with Gasteiger partial charge >= 0.3 is 0 Å². The lowest BCUT2D eigenvalue weighted by molar-refractivity contribution is -0.0338. The third-order valence-corrected chi connectivity index (χ3v) is 3.98. The molecule has 2 fully saturated rings. The molecule has 102 valence electrons. The van der Waals surface area contributed by atoms with E-state index in [1.165, 1.54) is 25.8 Å². The van der Waals surface area contributed by atoms with Crippen molar-refractivity contribution in [1.82, 2.24) is 10.2 Å². The van der Waals surface area contributed by atoms with Crippen LogP contribution in [0, 0.1) is 0 Å². The maximum atomic E-state index is 5.83. The van der Waals surface area contributed by atoms with Crippen LogP contribution in [0.25, 0.3) is 0 Å². The van der Waals surface area contributed by atoms with Gasteiger partial charge < -0.3 is 4.74 Å². The Hall–Kier alpha value is 0.170. The molecule has 0 spiro atoms. The van der Waals surface area contributed by atoms with Crippen LogP contribution in [0.15, 0.2) is 0 Å². The number of hydrogen-bond donors (Lipinski definition) is 1. The van der Waals surface area contributed by atoms with E-state index in [1.807, 2.05) is 0 Å². The lowest BCUT2D eigenvalue weighted by Gasteiger charge is -2.41. The van der Waals surface area contributed by atoms with Gasteiger partial charge in [-0.2, -0.15) is 0 Å². The van der Waals surface area contributed by atoms with Crippen LogP contribution in [0.2, 0.25) is 0 Å². The molecule has 0 saturated carbocycles. The Labute approximate surface area is 112 Å². The molecule has 0 aromatic heterocycles. The van der Waals surface area contributed by atoms with Gasteiger partial charge in [-0.3, -0.25) is 10.2 Å². The van der Waals surface area contributed by atoms with Gasteiger partial charge in [-0.1, -0.05) is 6.42 Å². The predicted octanol–water partition coefficient (Wildman–Crippen LogP) is 2.40. The van der Waals surface area contributed by atoms with Crippen molar-refractivity contribution in [3.63, 3.8) is 0 Å². The average Bonchev–Trinajstić information content (AvgIpc) is 2.65. The SMILES string of the molecule is CC(C)N1CCCCC1CC1(C)NCCO1.Cl. The number of rotatable bonds is 3. The van der Waals surface area contributed by atoms with Crippen molar-refractivity contribution in [2.24, 2.45) is 0 Å². The summed E-state index contributed by atoms with van der Waals surface area (Å²) >= 11 is 0. The van der Waals surface area contributed by atoms with Crippen molar-refractivity contribution in [1.29, 1.82) is 0 Å². The van der Waals surface area contributed by atoms with Crippen LogP contribution in [0.1, 0.15) is 46.5 Å². The average molecular weight is 263 g/mol. The van der Waals surface area contributed by atoms with Gasteiger partial charge in [-0.15, -0.1) is 12.4 Å². The van der Waals surface area contributed by atoms with E-state index in [9.17, 15) is 0 Å². The topological polar surface area (TPSA) is 24.5 Å². The molecule has 2 heterocycles. The summed E-state index contributed by atoms with van der Waals surface area (Å²) in [5.41, 5.74) is -0.0743. The third-order valence-electron chi connectivity index (χ3n) is 3.98. The van der Waals surface area contributed by atoms with Crippen molar-refractivity contribution in [2.75, 3.05) is 19.7 Å². The molecule has 0 radical (unpaired) electrons. The lowest BCUT2D eigenvalue weighted by Crippen LogP contribution is -2.50. The highest BCUT2D eigenvalue weighted by molar-refractivity contribution is 5.85. The Balaban J connectivity index is 0.00000144. The molecule has 1 N–H and O–H groups in total. The van der Waals surface area contributed by atoms with E-state index in [4.69, 9.17) is 4.74 Å². The zero-order valence-corrected chi connectivity index (χ0v) is 12.2. The summed E-state index contributed by atoms with van der Waals surface area (Å²) in [7, 11) is 0. The van der Waals surface area contributed by atoms with Crippen molar-refractivity contribution in [2.45, 2.75) is 64.3 Å². The predicted molar refractivity (Wildman–Crippen MR) is 73.7 cm³/mol. The van der Waals surface area contributed by atoms with Gasteiger partial charge in [0.1, 0.15) is 5.72 Å². The normalized spacial score (nSPS) is 34.9. The minimum Gasteiger partial charge on any atom is -0.360 e. The van der Waals surface area contributed by atoms with E-state index >= 15 is 0 Å². The minimum absolute atomic E-state index is 0. The first-order valence-corrected chi connectivity index (χ1v) is 6.75. The number of ether oxygens (including phenoxy) is 1. The molecule has 0 aliphatic carbocycles. The van der Waals surface area contributed by atoms with E-state index in [2.05, 4.69) is 31.0 Å². The first-order chi connectivity index (χ1) is 7.61. The van der Waals surface area contributed by atoms with Crippen LogP contribution in [0.5, 0.6) is 0 Å². The number of likely N-dealkylation sites (tertiary alicyclic amines) is 1. The Morgan fingerprint density at radius 2 is 2.18 bits per heavy atom. The fourth-order valence-corrected chi connectivity index (χ4v) is 3.15. The van der Waals surface area contributed by atoms with Crippen LogP contribution in [-0.4, -0.2) is 42.4 Å². The van der Waals surface area contributed by atoms with Crippen molar-refractivity contribution in [3.05, 3.63) is 0 Å². The van der Waals surface area contributed by atoms with Crippen LogP contribution in [0.4, 0.5) is 0 Å². The Morgan fingerprint density at radius 3 is 2.76 bits per heavy atom. The maximum absolute atomic E-state index is 5.83. The summed E-state index contributed by atoms with van der Waals surface area (Å²) in [5.74, 6) is 0. The molecule has 0 aromatic carbocycles. The summed E-state index contributed by atoms with van der Waals surface area (Å²) in [5, 5.41) is 3.49. The molecule has 2 aliphatic rings. The summed E-state index contributed by atoms with van der Waals surface area (Å²) in [4.78, 5) is 2.65. The van der Waals surface area contributed by atoms with Gasteiger partial charge in [0.25, 0.3) is 0 Å². The van der Waals surface area contributed by atoms with E-state index in [0.29, 0.717) is 12.1 Å². The van der Waals surface area contributed by atoms with Gasteiger partial charge in [-0.05, 0) is 40.2 Å². The van der Waals surface area contributed by atoms with E-state index in [0.717, 1.165) is 19.6 Å². The largest absolute Gasteiger partial charge is 0.360 e. The van der Waals surface area contributed by atoms with E-state index < -0.39 is 0 Å². The molecule has 0 bridgehead atoms. The van der Waals surface area contributed by atoms with Gasteiger partial charge in [0.05, 0.1) is 6.61 Å². The minimum atomic E-state index is -0.0743. The molecule has 2 atom stereocenters. The molecule has 2 saturated heterocycles. The first kappa shape index (κ1) is 15.2. The number of nitrogens with one attached hydrogen (secondary N) is 1. The van der Waals surface area contributed by atoms with Gasteiger partial charge in [0.2, 0.25) is 0 Å². The Morgan fingerprint density at radius 1 is 1.41 bits per heavy atom. The molecule has 17 heavy (non-hydrogen) atoms. The zero-order valence-electron chi connectivity index (χ0n) is 11.4. The summed E-state index contributed by atoms with van der Waals surface area (Å²) in [6.45, 7) is 9.95. The standard InChI is InChI=1S/C13H26N2O.ClH/c1-11(2)15-8-5-4-6-12(15)10-13(3)14-7-9-16-13;/h11-12,14H,4-10H2,1-3H3;1H. The van der Waals surface area contributed by atoms with Gasteiger partial charge in [-0.25, -0.2) is 0 Å². The van der Waals surface area contributed by atoms with Crippen molar-refractivity contribution < 1.29 is 4.74 Å². The highest BCUT2D eigenvalue weighted by Crippen LogP contribution is 2.28.